The molecule has 1 amide bonds. The smallest absolute Gasteiger partial charge is 0.239 e. The minimum Gasteiger partial charge on any atom is -0.362 e. The van der Waals surface area contributed by atoms with Crippen LogP contribution in [0.3, 0.4) is 0 Å². The summed E-state index contributed by atoms with van der Waals surface area (Å²) in [5.74, 6) is 0.0535. The molecule has 100 valence electrons. The first kappa shape index (κ1) is 14.5. The number of carbonyl (C=O) groups excluding carboxylic acids is 1. The third-order valence-electron chi connectivity index (χ3n) is 2.80. The summed E-state index contributed by atoms with van der Waals surface area (Å²) in [6, 6.07) is 8.11. The summed E-state index contributed by atoms with van der Waals surface area (Å²) in [5.41, 5.74) is 7.84. The van der Waals surface area contributed by atoms with Gasteiger partial charge in [0.05, 0.1) is 6.54 Å². The van der Waals surface area contributed by atoms with Crippen LogP contribution in [0.1, 0.15) is 18.9 Å². The summed E-state index contributed by atoms with van der Waals surface area (Å²) in [7, 11) is 0. The van der Waals surface area contributed by atoms with Crippen molar-refractivity contribution in [2.75, 3.05) is 31.1 Å². The Balaban J connectivity index is 2.77. The van der Waals surface area contributed by atoms with E-state index in [0.29, 0.717) is 19.6 Å². The van der Waals surface area contributed by atoms with Crippen LogP contribution in [0.4, 0.5) is 5.69 Å². The number of para-hydroxylation sites is 1. The first-order valence-corrected chi connectivity index (χ1v) is 6.46. The number of benzene rings is 1. The number of anilines is 1. The van der Waals surface area contributed by atoms with Crippen LogP contribution in [0.2, 0.25) is 0 Å². The molecule has 0 aliphatic rings. The number of hydrogen-bond donors (Lipinski definition) is 2. The van der Waals surface area contributed by atoms with E-state index in [2.05, 4.69) is 23.2 Å². The molecule has 0 fully saturated rings. The molecule has 1 aromatic carbocycles. The van der Waals surface area contributed by atoms with Gasteiger partial charge < -0.3 is 16.0 Å². The van der Waals surface area contributed by atoms with Gasteiger partial charge in [0.1, 0.15) is 0 Å². The standard InChI is InChI=1S/C14H23N3O/c1-3-16-14(18)11-17(10-6-9-15)13-8-5-4-7-12(13)2/h4-5,7-8H,3,6,9-11,15H2,1-2H3,(H,16,18). The zero-order chi connectivity index (χ0) is 13.4. The number of amides is 1. The first-order valence-electron chi connectivity index (χ1n) is 6.46. The summed E-state index contributed by atoms with van der Waals surface area (Å²) in [5, 5.41) is 2.83. The highest BCUT2D eigenvalue weighted by molar-refractivity contribution is 5.81. The Labute approximate surface area is 109 Å². The molecule has 4 heteroatoms. The second-order valence-electron chi connectivity index (χ2n) is 4.30. The molecule has 0 radical (unpaired) electrons. The van der Waals surface area contributed by atoms with Gasteiger partial charge in [0, 0.05) is 18.8 Å². The van der Waals surface area contributed by atoms with E-state index in [1.54, 1.807) is 0 Å². The van der Waals surface area contributed by atoms with Gasteiger partial charge in [-0.2, -0.15) is 0 Å². The first-order chi connectivity index (χ1) is 8.69. The number of aryl methyl sites for hydroxylation is 1. The molecule has 0 aliphatic carbocycles. The number of nitrogens with one attached hydrogen (secondary N) is 1. The maximum absolute atomic E-state index is 11.7. The van der Waals surface area contributed by atoms with E-state index < -0.39 is 0 Å². The largest absolute Gasteiger partial charge is 0.362 e. The normalized spacial score (nSPS) is 10.2. The number of rotatable bonds is 7. The van der Waals surface area contributed by atoms with Crippen LogP contribution in [0.15, 0.2) is 24.3 Å². The van der Waals surface area contributed by atoms with Crippen molar-refractivity contribution in [2.45, 2.75) is 20.3 Å². The Kier molecular flexibility index (Phi) is 6.22. The van der Waals surface area contributed by atoms with Crippen LogP contribution >= 0.6 is 0 Å². The van der Waals surface area contributed by atoms with E-state index in [9.17, 15) is 4.79 Å². The van der Waals surface area contributed by atoms with E-state index in [4.69, 9.17) is 5.73 Å². The van der Waals surface area contributed by atoms with Gasteiger partial charge in [-0.05, 0) is 38.4 Å². The quantitative estimate of drug-likeness (QED) is 0.765. The Hall–Kier alpha value is -1.55. The predicted molar refractivity (Wildman–Crippen MR) is 75.7 cm³/mol. The van der Waals surface area contributed by atoms with E-state index in [0.717, 1.165) is 18.7 Å². The van der Waals surface area contributed by atoms with Crippen molar-refractivity contribution in [1.82, 2.24) is 5.32 Å². The van der Waals surface area contributed by atoms with Crippen molar-refractivity contribution >= 4 is 11.6 Å². The predicted octanol–water partition coefficient (Wildman–Crippen LogP) is 1.29. The van der Waals surface area contributed by atoms with Crippen LogP contribution in [-0.4, -0.2) is 32.1 Å². The molecule has 4 nitrogen and oxygen atoms in total. The highest BCUT2D eigenvalue weighted by Crippen LogP contribution is 2.19. The van der Waals surface area contributed by atoms with Crippen molar-refractivity contribution < 1.29 is 4.79 Å². The lowest BCUT2D eigenvalue weighted by Crippen LogP contribution is -2.38. The molecule has 0 atom stereocenters. The highest BCUT2D eigenvalue weighted by Gasteiger charge is 2.12. The minimum atomic E-state index is 0.0535. The molecule has 0 spiro atoms. The number of nitrogens with two attached hydrogens (primary N) is 1. The molecule has 0 heterocycles. The summed E-state index contributed by atoms with van der Waals surface area (Å²) in [4.78, 5) is 13.8. The van der Waals surface area contributed by atoms with E-state index in [1.165, 1.54) is 5.56 Å². The van der Waals surface area contributed by atoms with Crippen molar-refractivity contribution in [1.29, 1.82) is 0 Å². The lowest BCUT2D eigenvalue weighted by atomic mass is 10.1. The molecule has 18 heavy (non-hydrogen) atoms. The van der Waals surface area contributed by atoms with Crippen LogP contribution in [-0.2, 0) is 4.79 Å². The van der Waals surface area contributed by atoms with Crippen LogP contribution < -0.4 is 16.0 Å². The minimum absolute atomic E-state index is 0.0535. The van der Waals surface area contributed by atoms with Crippen LogP contribution in [0.25, 0.3) is 0 Å². The molecular formula is C14H23N3O. The van der Waals surface area contributed by atoms with E-state index in [-0.39, 0.29) is 5.91 Å². The Morgan fingerprint density at radius 1 is 1.39 bits per heavy atom. The molecule has 0 saturated heterocycles. The summed E-state index contributed by atoms with van der Waals surface area (Å²) in [6.45, 7) is 6.48. The van der Waals surface area contributed by atoms with Crippen molar-refractivity contribution in [3.05, 3.63) is 29.8 Å². The highest BCUT2D eigenvalue weighted by atomic mass is 16.2. The Morgan fingerprint density at radius 3 is 2.72 bits per heavy atom. The van der Waals surface area contributed by atoms with Gasteiger partial charge in [-0.25, -0.2) is 0 Å². The molecule has 0 bridgehead atoms. The maximum atomic E-state index is 11.7. The zero-order valence-corrected chi connectivity index (χ0v) is 11.3. The van der Waals surface area contributed by atoms with Crippen LogP contribution in [0.5, 0.6) is 0 Å². The van der Waals surface area contributed by atoms with E-state index >= 15 is 0 Å². The van der Waals surface area contributed by atoms with Crippen LogP contribution in [0, 0.1) is 6.92 Å². The van der Waals surface area contributed by atoms with Gasteiger partial charge in [0.25, 0.3) is 0 Å². The topological polar surface area (TPSA) is 58.4 Å². The lowest BCUT2D eigenvalue weighted by Gasteiger charge is -2.25. The van der Waals surface area contributed by atoms with Crippen molar-refractivity contribution in [2.24, 2.45) is 5.73 Å². The van der Waals surface area contributed by atoms with Gasteiger partial charge in [0.15, 0.2) is 0 Å². The number of likely N-dealkylation sites (N-methyl/N-ethyl adjacent to an activating group) is 1. The average molecular weight is 249 g/mol. The summed E-state index contributed by atoms with van der Waals surface area (Å²) in [6.07, 6.45) is 0.883. The molecular weight excluding hydrogens is 226 g/mol. The number of hydrogen-bond acceptors (Lipinski definition) is 3. The molecule has 0 aromatic heterocycles. The molecule has 0 unspecified atom stereocenters. The molecule has 1 rings (SSSR count). The maximum Gasteiger partial charge on any atom is 0.239 e. The Morgan fingerprint density at radius 2 is 2.11 bits per heavy atom. The second kappa shape index (κ2) is 7.71. The monoisotopic (exact) mass is 249 g/mol. The Bertz CT molecular complexity index is 379. The molecule has 0 saturated carbocycles. The van der Waals surface area contributed by atoms with Crippen molar-refractivity contribution in [3.63, 3.8) is 0 Å². The average Bonchev–Trinajstić information content (AvgIpc) is 2.35. The van der Waals surface area contributed by atoms with Gasteiger partial charge in [-0.3, -0.25) is 4.79 Å². The van der Waals surface area contributed by atoms with E-state index in [1.807, 2.05) is 25.1 Å². The number of nitrogens with zero attached hydrogens (tertiary/aromatic N) is 1. The molecule has 1 aromatic rings. The van der Waals surface area contributed by atoms with Gasteiger partial charge in [-0.15, -0.1) is 0 Å². The second-order valence-corrected chi connectivity index (χ2v) is 4.30. The van der Waals surface area contributed by atoms with Gasteiger partial charge in [-0.1, -0.05) is 18.2 Å². The fraction of sp³-hybridized carbons (Fsp3) is 0.500. The summed E-state index contributed by atoms with van der Waals surface area (Å²) < 4.78 is 0. The zero-order valence-electron chi connectivity index (χ0n) is 11.3. The lowest BCUT2D eigenvalue weighted by molar-refractivity contribution is -0.119. The molecule has 3 N–H and O–H groups in total. The number of carbonyl (C=O) groups is 1. The fourth-order valence-corrected chi connectivity index (χ4v) is 1.91. The van der Waals surface area contributed by atoms with Gasteiger partial charge >= 0.3 is 0 Å². The third kappa shape index (κ3) is 4.37. The third-order valence-corrected chi connectivity index (χ3v) is 2.80. The van der Waals surface area contributed by atoms with Crippen molar-refractivity contribution in [3.8, 4) is 0 Å². The fourth-order valence-electron chi connectivity index (χ4n) is 1.91. The SMILES string of the molecule is CCNC(=O)CN(CCCN)c1ccccc1C. The molecule has 0 aliphatic heterocycles. The van der Waals surface area contributed by atoms with Gasteiger partial charge in [0.2, 0.25) is 5.91 Å². The summed E-state index contributed by atoms with van der Waals surface area (Å²) >= 11 is 0.